The standard InChI is InChI=1S/C22H32O4/c1-3-20-9-4-16-15(17(20)6-8-19(20,2)23)5-10-21(24)14-22(11-7-18(16)21)25-12-13-26-22/h3-4,15,17-18,23-24H,1,5-14H2,2H3/t15?,17?,18?,19-,20?,21+/m0/s1. The van der Waals surface area contributed by atoms with E-state index in [0.29, 0.717) is 31.5 Å². The van der Waals surface area contributed by atoms with Crippen LogP contribution < -0.4 is 0 Å². The van der Waals surface area contributed by atoms with Crippen molar-refractivity contribution in [2.45, 2.75) is 75.3 Å². The van der Waals surface area contributed by atoms with Crippen LogP contribution in [0.3, 0.4) is 0 Å². The average Bonchev–Trinajstić information content (AvgIpc) is 3.16. The van der Waals surface area contributed by atoms with E-state index in [1.807, 2.05) is 13.0 Å². The molecular weight excluding hydrogens is 328 g/mol. The number of hydrogen-bond acceptors (Lipinski definition) is 4. The van der Waals surface area contributed by atoms with Crippen molar-refractivity contribution >= 4 is 0 Å². The third-order valence-electron chi connectivity index (χ3n) is 8.70. The third-order valence-corrected chi connectivity index (χ3v) is 8.70. The number of aliphatic hydroxyl groups is 2. The summed E-state index contributed by atoms with van der Waals surface area (Å²) in [5, 5.41) is 22.6. The molecule has 0 aromatic heterocycles. The minimum absolute atomic E-state index is 0.204. The third kappa shape index (κ3) is 2.10. The molecule has 1 spiro atoms. The topological polar surface area (TPSA) is 58.9 Å². The largest absolute Gasteiger partial charge is 0.389 e. The highest BCUT2D eigenvalue weighted by Crippen LogP contribution is 2.65. The van der Waals surface area contributed by atoms with Crippen LogP contribution in [-0.4, -0.2) is 40.4 Å². The van der Waals surface area contributed by atoms with E-state index in [-0.39, 0.29) is 11.3 Å². The van der Waals surface area contributed by atoms with Crippen molar-refractivity contribution in [2.24, 2.45) is 23.2 Å². The Labute approximate surface area is 156 Å². The molecule has 3 saturated carbocycles. The van der Waals surface area contributed by atoms with Crippen molar-refractivity contribution < 1.29 is 19.7 Å². The van der Waals surface area contributed by atoms with Crippen LogP contribution in [0.5, 0.6) is 0 Å². The number of allylic oxidation sites excluding steroid dienone is 1. The maximum Gasteiger partial charge on any atom is 0.171 e. The fourth-order valence-corrected chi connectivity index (χ4v) is 7.35. The molecule has 4 aliphatic carbocycles. The molecule has 4 unspecified atom stereocenters. The van der Waals surface area contributed by atoms with Crippen molar-refractivity contribution in [3.05, 3.63) is 24.3 Å². The predicted octanol–water partition coefficient (Wildman–Crippen LogP) is 3.33. The van der Waals surface area contributed by atoms with Gasteiger partial charge in [-0.2, -0.15) is 0 Å². The van der Waals surface area contributed by atoms with E-state index in [1.165, 1.54) is 5.57 Å². The van der Waals surface area contributed by atoms with Gasteiger partial charge >= 0.3 is 0 Å². The van der Waals surface area contributed by atoms with E-state index in [2.05, 4.69) is 12.7 Å². The SMILES string of the molecule is C=CC12CC=C3C(CC[C@@]4(O)CC5(CCC34)OCCO5)C1CC[C@]2(C)O. The molecule has 26 heavy (non-hydrogen) atoms. The fourth-order valence-electron chi connectivity index (χ4n) is 7.35. The number of hydrogen-bond donors (Lipinski definition) is 2. The van der Waals surface area contributed by atoms with Gasteiger partial charge in [-0.25, -0.2) is 0 Å². The molecule has 0 amide bonds. The average molecular weight is 360 g/mol. The van der Waals surface area contributed by atoms with Crippen LogP contribution in [0.4, 0.5) is 0 Å². The van der Waals surface area contributed by atoms with E-state index in [4.69, 9.17) is 9.47 Å². The van der Waals surface area contributed by atoms with E-state index in [9.17, 15) is 10.2 Å². The van der Waals surface area contributed by atoms with Gasteiger partial charge in [0.05, 0.1) is 24.4 Å². The zero-order chi connectivity index (χ0) is 18.2. The van der Waals surface area contributed by atoms with Gasteiger partial charge in [0.1, 0.15) is 0 Å². The molecule has 1 heterocycles. The van der Waals surface area contributed by atoms with Crippen molar-refractivity contribution in [3.8, 4) is 0 Å². The zero-order valence-electron chi connectivity index (χ0n) is 15.9. The second kappa shape index (κ2) is 5.44. The van der Waals surface area contributed by atoms with Crippen LogP contribution in [0.1, 0.15) is 58.3 Å². The molecule has 1 aliphatic heterocycles. The van der Waals surface area contributed by atoms with Gasteiger partial charge in [0.25, 0.3) is 0 Å². The van der Waals surface area contributed by atoms with Crippen LogP contribution >= 0.6 is 0 Å². The molecule has 0 radical (unpaired) electrons. The summed E-state index contributed by atoms with van der Waals surface area (Å²) in [6.45, 7) is 7.40. The lowest BCUT2D eigenvalue weighted by atomic mass is 9.51. The maximum absolute atomic E-state index is 11.5. The monoisotopic (exact) mass is 360 g/mol. The molecule has 0 aromatic rings. The molecule has 5 rings (SSSR count). The minimum atomic E-state index is -0.708. The van der Waals surface area contributed by atoms with Crippen molar-refractivity contribution in [3.63, 3.8) is 0 Å². The first-order valence-corrected chi connectivity index (χ1v) is 10.4. The Bertz CT molecular complexity index is 647. The molecule has 2 N–H and O–H groups in total. The van der Waals surface area contributed by atoms with Gasteiger partial charge in [0.2, 0.25) is 0 Å². The molecule has 4 fully saturated rings. The van der Waals surface area contributed by atoms with Crippen LogP contribution in [0.25, 0.3) is 0 Å². The Balaban J connectivity index is 1.48. The van der Waals surface area contributed by atoms with Crippen molar-refractivity contribution in [2.75, 3.05) is 13.2 Å². The summed E-state index contributed by atoms with van der Waals surface area (Å²) < 4.78 is 11.8. The van der Waals surface area contributed by atoms with E-state index in [0.717, 1.165) is 44.9 Å². The molecular formula is C22H32O4. The molecule has 6 atom stereocenters. The van der Waals surface area contributed by atoms with Crippen LogP contribution in [0.15, 0.2) is 24.3 Å². The summed E-state index contributed by atoms with van der Waals surface area (Å²) >= 11 is 0. The summed E-state index contributed by atoms with van der Waals surface area (Å²) in [5.41, 5.74) is -0.131. The highest BCUT2D eigenvalue weighted by Gasteiger charge is 2.63. The van der Waals surface area contributed by atoms with Gasteiger partial charge in [-0.15, -0.1) is 6.58 Å². The number of rotatable bonds is 1. The molecule has 4 heteroatoms. The van der Waals surface area contributed by atoms with Gasteiger partial charge in [0, 0.05) is 24.2 Å². The normalized spacial score (nSPS) is 52.1. The Hall–Kier alpha value is -0.680. The summed E-state index contributed by atoms with van der Waals surface area (Å²) in [6, 6.07) is 0. The van der Waals surface area contributed by atoms with E-state index >= 15 is 0 Å². The Kier molecular flexibility index (Phi) is 3.64. The zero-order valence-corrected chi connectivity index (χ0v) is 15.9. The lowest BCUT2D eigenvalue weighted by Gasteiger charge is -2.57. The Morgan fingerprint density at radius 3 is 2.62 bits per heavy atom. The van der Waals surface area contributed by atoms with Gasteiger partial charge in [-0.05, 0) is 57.3 Å². The second-order valence-electron chi connectivity index (χ2n) is 9.70. The second-order valence-corrected chi connectivity index (χ2v) is 9.70. The maximum atomic E-state index is 11.5. The van der Waals surface area contributed by atoms with Gasteiger partial charge in [-0.3, -0.25) is 0 Å². The quantitative estimate of drug-likeness (QED) is 0.704. The highest BCUT2D eigenvalue weighted by molar-refractivity contribution is 5.32. The number of fused-ring (bicyclic) bond motifs is 5. The number of ether oxygens (including phenoxy) is 2. The lowest BCUT2D eigenvalue weighted by Crippen LogP contribution is -2.57. The molecule has 5 aliphatic rings. The molecule has 0 bridgehead atoms. The summed E-state index contributed by atoms with van der Waals surface area (Å²) in [5.74, 6) is 0.595. The van der Waals surface area contributed by atoms with Crippen molar-refractivity contribution in [1.82, 2.24) is 0 Å². The molecule has 4 nitrogen and oxygen atoms in total. The fraction of sp³-hybridized carbons (Fsp3) is 0.818. The predicted molar refractivity (Wildman–Crippen MR) is 98.3 cm³/mol. The first kappa shape index (κ1) is 17.4. The summed E-state index contributed by atoms with van der Waals surface area (Å²) in [6.07, 6.45) is 11.4. The molecule has 0 aromatic carbocycles. The summed E-state index contributed by atoms with van der Waals surface area (Å²) in [4.78, 5) is 0. The van der Waals surface area contributed by atoms with E-state index in [1.54, 1.807) is 0 Å². The van der Waals surface area contributed by atoms with Gasteiger partial charge in [0.15, 0.2) is 5.79 Å². The molecule has 144 valence electrons. The minimum Gasteiger partial charge on any atom is -0.389 e. The molecule has 1 saturated heterocycles. The van der Waals surface area contributed by atoms with Gasteiger partial charge < -0.3 is 19.7 Å². The van der Waals surface area contributed by atoms with Gasteiger partial charge in [-0.1, -0.05) is 17.7 Å². The van der Waals surface area contributed by atoms with Crippen molar-refractivity contribution in [1.29, 1.82) is 0 Å². The summed E-state index contributed by atoms with van der Waals surface area (Å²) in [7, 11) is 0. The Morgan fingerprint density at radius 2 is 1.88 bits per heavy atom. The highest BCUT2D eigenvalue weighted by atomic mass is 16.7. The van der Waals surface area contributed by atoms with Crippen LogP contribution in [0, 0.1) is 23.2 Å². The van der Waals surface area contributed by atoms with Crippen LogP contribution in [0.2, 0.25) is 0 Å². The lowest BCUT2D eigenvalue weighted by molar-refractivity contribution is -0.235. The van der Waals surface area contributed by atoms with Crippen LogP contribution in [-0.2, 0) is 9.47 Å². The first-order valence-electron chi connectivity index (χ1n) is 10.4. The smallest absolute Gasteiger partial charge is 0.171 e. The van der Waals surface area contributed by atoms with E-state index < -0.39 is 17.0 Å². The Morgan fingerprint density at radius 1 is 1.12 bits per heavy atom. The first-order chi connectivity index (χ1) is 12.3.